The molecule has 5 N–H and O–H groups in total. The Labute approximate surface area is 223 Å². The van der Waals surface area contributed by atoms with Crippen LogP contribution in [0.2, 0.25) is 0 Å². The highest BCUT2D eigenvalue weighted by Gasteiger charge is 2.27. The Balaban J connectivity index is -0.000000195. The molecule has 2 rings (SSSR count). The number of hydrogen-bond acceptors (Lipinski definition) is 8. The summed E-state index contributed by atoms with van der Waals surface area (Å²) in [6, 6.07) is 12.0. The summed E-state index contributed by atoms with van der Waals surface area (Å²) in [5, 5.41) is 8.62. The lowest BCUT2D eigenvalue weighted by Crippen LogP contribution is -2.28. The summed E-state index contributed by atoms with van der Waals surface area (Å²) in [5.74, 6) is 0.968. The summed E-state index contributed by atoms with van der Waals surface area (Å²) in [7, 11) is 9.32. The SMILES string of the molecule is CC1=CCP(=O)(c2ccccc2)C1.CCN.CN=C(C)NC.CN=C=NC.CN=C=O.CNC(=O)NC. The van der Waals surface area contributed by atoms with Crippen LogP contribution in [0.15, 0.2) is 62.0 Å². The molecule has 11 nitrogen and oxygen atoms in total. The number of nitrogens with two attached hydrogens (primary N) is 1. The number of hydrogen-bond donors (Lipinski definition) is 4. The van der Waals surface area contributed by atoms with Crippen LogP contribution < -0.4 is 27.0 Å². The summed E-state index contributed by atoms with van der Waals surface area (Å²) in [5.41, 5.74) is 6.12. The van der Waals surface area contributed by atoms with Gasteiger partial charge in [-0.3, -0.25) is 4.99 Å². The van der Waals surface area contributed by atoms with Crippen molar-refractivity contribution in [3.05, 3.63) is 42.0 Å². The Morgan fingerprint density at radius 3 is 1.65 bits per heavy atom. The first kappa shape index (κ1) is 40.8. The quantitative estimate of drug-likeness (QED) is 0.142. The Bertz CT molecular complexity index is 894. The van der Waals surface area contributed by atoms with Gasteiger partial charge in [0, 0.05) is 67.0 Å². The van der Waals surface area contributed by atoms with Gasteiger partial charge in [-0.1, -0.05) is 48.9 Å². The molecule has 1 aromatic rings. The first-order chi connectivity index (χ1) is 17.6. The third-order valence-electron chi connectivity index (χ3n) is 3.91. The van der Waals surface area contributed by atoms with E-state index >= 15 is 0 Å². The zero-order valence-corrected chi connectivity index (χ0v) is 25.0. The molecule has 1 aromatic carbocycles. The molecular weight excluding hydrogens is 491 g/mol. The van der Waals surface area contributed by atoms with Gasteiger partial charge in [-0.05, 0) is 20.4 Å². The molecule has 0 aromatic heterocycles. The molecule has 0 radical (unpaired) electrons. The molecule has 0 fully saturated rings. The number of aliphatic imine (C=N–C) groups is 4. The van der Waals surface area contributed by atoms with Crippen molar-refractivity contribution in [1.82, 2.24) is 16.0 Å². The Kier molecular flexibility index (Phi) is 33.8. The van der Waals surface area contributed by atoms with Crippen LogP contribution in [0.5, 0.6) is 0 Å². The number of nitrogens with zero attached hydrogens (tertiary/aromatic N) is 4. The monoisotopic (exact) mass is 538 g/mol. The topological polar surface area (TPSA) is 163 Å². The average molecular weight is 539 g/mol. The van der Waals surface area contributed by atoms with E-state index in [2.05, 4.69) is 54.9 Å². The third-order valence-corrected chi connectivity index (χ3v) is 6.93. The highest BCUT2D eigenvalue weighted by Crippen LogP contribution is 2.49. The minimum absolute atomic E-state index is 0.157. The zero-order chi connectivity index (χ0) is 29.5. The first-order valence-electron chi connectivity index (χ1n) is 11.5. The molecule has 0 spiro atoms. The highest BCUT2D eigenvalue weighted by molar-refractivity contribution is 7.72. The summed E-state index contributed by atoms with van der Waals surface area (Å²) >= 11 is 0. The van der Waals surface area contributed by atoms with E-state index in [0.29, 0.717) is 0 Å². The third kappa shape index (κ3) is 28.8. The van der Waals surface area contributed by atoms with Gasteiger partial charge in [0.25, 0.3) is 0 Å². The average Bonchev–Trinajstić information content (AvgIpc) is 3.29. The van der Waals surface area contributed by atoms with Gasteiger partial charge in [0.15, 0.2) is 0 Å². The number of benzene rings is 1. The maximum absolute atomic E-state index is 12.4. The molecule has 1 aliphatic rings. The molecule has 210 valence electrons. The molecule has 0 bridgehead atoms. The van der Waals surface area contributed by atoms with Gasteiger partial charge < -0.3 is 26.2 Å². The molecule has 0 saturated heterocycles. The summed E-state index contributed by atoms with van der Waals surface area (Å²) in [4.78, 5) is 32.5. The van der Waals surface area contributed by atoms with E-state index in [1.807, 2.05) is 51.2 Å². The van der Waals surface area contributed by atoms with Crippen molar-refractivity contribution in [1.29, 1.82) is 0 Å². The second-order valence-electron chi connectivity index (χ2n) is 6.77. The summed E-state index contributed by atoms with van der Waals surface area (Å²) in [6.45, 7) is 6.63. The van der Waals surface area contributed by atoms with Gasteiger partial charge in [-0.15, -0.1) is 0 Å². The second kappa shape index (κ2) is 30.7. The van der Waals surface area contributed by atoms with Gasteiger partial charge in [-0.25, -0.2) is 24.6 Å². The van der Waals surface area contributed by atoms with Crippen LogP contribution in [0.25, 0.3) is 0 Å². The van der Waals surface area contributed by atoms with Crippen molar-refractivity contribution < 1.29 is 14.2 Å². The number of isocyanates is 1. The molecule has 2 amide bonds. The molecule has 1 aliphatic heterocycles. The van der Waals surface area contributed by atoms with Crippen molar-refractivity contribution in [3.63, 3.8) is 0 Å². The van der Waals surface area contributed by atoms with Crippen molar-refractivity contribution in [2.24, 2.45) is 25.7 Å². The van der Waals surface area contributed by atoms with E-state index in [1.165, 1.54) is 18.7 Å². The van der Waals surface area contributed by atoms with Crippen molar-refractivity contribution in [2.75, 3.05) is 68.2 Å². The van der Waals surface area contributed by atoms with E-state index in [1.54, 1.807) is 35.2 Å². The lowest BCUT2D eigenvalue weighted by atomic mass is 10.3. The van der Waals surface area contributed by atoms with Gasteiger partial charge in [0.1, 0.15) is 7.14 Å². The van der Waals surface area contributed by atoms with Crippen LogP contribution in [0.3, 0.4) is 0 Å². The van der Waals surface area contributed by atoms with Crippen molar-refractivity contribution >= 4 is 36.4 Å². The molecule has 1 unspecified atom stereocenters. The van der Waals surface area contributed by atoms with Crippen molar-refractivity contribution in [3.8, 4) is 0 Å². The van der Waals surface area contributed by atoms with Crippen LogP contribution in [0.4, 0.5) is 4.79 Å². The minimum Gasteiger partial charge on any atom is -0.377 e. The predicted octanol–water partition coefficient (Wildman–Crippen LogP) is 2.77. The number of amidine groups is 1. The second-order valence-corrected chi connectivity index (χ2v) is 9.75. The lowest BCUT2D eigenvalue weighted by Gasteiger charge is -2.11. The maximum Gasteiger partial charge on any atom is 0.314 e. The van der Waals surface area contributed by atoms with Gasteiger partial charge in [0.2, 0.25) is 6.08 Å². The molecular formula is C25H47N8O3P. The fourth-order valence-electron chi connectivity index (χ4n) is 2.07. The first-order valence-corrected chi connectivity index (χ1v) is 13.5. The molecule has 1 heterocycles. The van der Waals surface area contributed by atoms with E-state index in [-0.39, 0.29) is 6.03 Å². The number of amides is 2. The molecule has 0 aliphatic carbocycles. The number of rotatable bonds is 1. The predicted molar refractivity (Wildman–Crippen MR) is 159 cm³/mol. The number of nitrogens with one attached hydrogen (secondary N) is 3. The van der Waals surface area contributed by atoms with E-state index < -0.39 is 7.14 Å². The van der Waals surface area contributed by atoms with Gasteiger partial charge >= 0.3 is 6.03 Å². The Hall–Kier alpha value is -3.35. The van der Waals surface area contributed by atoms with Crippen LogP contribution in [0.1, 0.15) is 20.8 Å². The van der Waals surface area contributed by atoms with Gasteiger partial charge in [-0.2, -0.15) is 0 Å². The fourth-order valence-corrected chi connectivity index (χ4v) is 4.85. The highest BCUT2D eigenvalue weighted by atomic mass is 31.2. The van der Waals surface area contributed by atoms with E-state index in [0.717, 1.165) is 30.0 Å². The van der Waals surface area contributed by atoms with Crippen molar-refractivity contribution in [2.45, 2.75) is 20.8 Å². The molecule has 1 atom stereocenters. The van der Waals surface area contributed by atoms with E-state index in [9.17, 15) is 9.36 Å². The lowest BCUT2D eigenvalue weighted by molar-refractivity contribution is 0.245. The minimum atomic E-state index is -2.07. The number of carbonyl (C=O) groups is 1. The fraction of sp³-hybridized carbons (Fsp3) is 0.520. The van der Waals surface area contributed by atoms with Crippen LogP contribution in [-0.4, -0.2) is 92.2 Å². The van der Waals surface area contributed by atoms with Crippen LogP contribution in [-0.2, 0) is 9.36 Å². The van der Waals surface area contributed by atoms with Crippen LogP contribution >= 0.6 is 7.14 Å². The number of allylic oxidation sites excluding steroid dienone is 2. The number of urea groups is 1. The largest absolute Gasteiger partial charge is 0.377 e. The standard InChI is InChI=1S/C11H13OP.C4H10N2.C3H8N2O.C3H6N2.C2H3NO.C2H7N/c1-10-7-8-13(12,9-10)11-5-3-2-4-6-11;1-4(5-2)6-3;1-4-3(6)5-2;1-4-3-5-2;1-3-2-4;1-2-3/h2-7H,8-9H2,1H3;1-3H3,(H,5,6);1-2H3,(H2,4,5,6);1-2H3;1H3;2-3H2,1H3. The normalized spacial score (nSPS) is 14.2. The summed E-state index contributed by atoms with van der Waals surface area (Å²) in [6.07, 6.45) is 4.94. The van der Waals surface area contributed by atoms with E-state index in [4.69, 9.17) is 10.5 Å². The maximum atomic E-state index is 12.4. The smallest absolute Gasteiger partial charge is 0.314 e. The Morgan fingerprint density at radius 1 is 1.00 bits per heavy atom. The summed E-state index contributed by atoms with van der Waals surface area (Å²) < 4.78 is 12.4. The number of carbonyl (C=O) groups excluding carboxylic acids is 2. The Morgan fingerprint density at radius 2 is 1.46 bits per heavy atom. The molecule has 0 saturated carbocycles. The van der Waals surface area contributed by atoms with Gasteiger partial charge in [0.05, 0.1) is 11.8 Å². The zero-order valence-electron chi connectivity index (χ0n) is 24.1. The molecule has 37 heavy (non-hydrogen) atoms. The molecule has 12 heteroatoms. The van der Waals surface area contributed by atoms with Crippen LogP contribution in [0, 0.1) is 0 Å².